The SMILES string of the molecule is CCCCCCn1cc(-c2cccc(-c3cn(CCCCCC)nn3)c2)nn1. The zero-order valence-corrected chi connectivity index (χ0v) is 17.2. The van der Waals surface area contributed by atoms with Gasteiger partial charge in [-0.3, -0.25) is 9.36 Å². The summed E-state index contributed by atoms with van der Waals surface area (Å²) in [5.41, 5.74) is 3.94. The average Bonchev–Trinajstić information content (AvgIpc) is 3.39. The minimum atomic E-state index is 0.907. The summed E-state index contributed by atoms with van der Waals surface area (Å²) in [6.45, 7) is 6.31. The number of aryl methyl sites for hydroxylation is 2. The molecule has 0 amide bonds. The first-order valence-electron chi connectivity index (χ1n) is 10.7. The van der Waals surface area contributed by atoms with E-state index in [4.69, 9.17) is 0 Å². The Kier molecular flexibility index (Phi) is 7.76. The second-order valence-electron chi connectivity index (χ2n) is 7.44. The van der Waals surface area contributed by atoms with Crippen molar-refractivity contribution >= 4 is 0 Å². The summed E-state index contributed by atoms with van der Waals surface area (Å²) in [6, 6.07) is 8.32. The highest BCUT2D eigenvalue weighted by Gasteiger charge is 2.08. The molecular weight excluding hydrogens is 348 g/mol. The standard InChI is InChI=1S/C22H32N6/c1-3-5-7-9-14-27-17-21(23-25-27)19-12-11-13-20(16-19)22-18-28(26-24-22)15-10-8-6-4-2/h11-13,16-18H,3-10,14-15H2,1-2H3. The molecule has 0 aliphatic rings. The van der Waals surface area contributed by atoms with E-state index in [1.807, 2.05) is 27.8 Å². The molecule has 28 heavy (non-hydrogen) atoms. The number of benzene rings is 1. The summed E-state index contributed by atoms with van der Waals surface area (Å²) in [5.74, 6) is 0. The molecule has 0 fully saturated rings. The van der Waals surface area contributed by atoms with Crippen molar-refractivity contribution in [2.24, 2.45) is 0 Å². The largest absolute Gasteiger partial charge is 0.252 e. The second-order valence-corrected chi connectivity index (χ2v) is 7.44. The van der Waals surface area contributed by atoms with Crippen LogP contribution in [0.4, 0.5) is 0 Å². The molecule has 0 atom stereocenters. The quantitative estimate of drug-likeness (QED) is 0.397. The molecule has 0 unspecified atom stereocenters. The lowest BCUT2D eigenvalue weighted by molar-refractivity contribution is 0.527. The Balaban J connectivity index is 1.63. The Morgan fingerprint density at radius 2 is 1.18 bits per heavy atom. The summed E-state index contributed by atoms with van der Waals surface area (Å²) < 4.78 is 3.90. The third kappa shape index (κ3) is 5.75. The van der Waals surface area contributed by atoms with Gasteiger partial charge < -0.3 is 0 Å². The Morgan fingerprint density at radius 1 is 0.679 bits per heavy atom. The number of unbranched alkanes of at least 4 members (excludes halogenated alkanes) is 6. The van der Waals surface area contributed by atoms with Gasteiger partial charge in [0.2, 0.25) is 0 Å². The van der Waals surface area contributed by atoms with Gasteiger partial charge in [0, 0.05) is 24.2 Å². The van der Waals surface area contributed by atoms with Crippen LogP contribution in [0.5, 0.6) is 0 Å². The third-order valence-electron chi connectivity index (χ3n) is 5.01. The van der Waals surface area contributed by atoms with Crippen LogP contribution in [0.15, 0.2) is 36.7 Å². The lowest BCUT2D eigenvalue weighted by atomic mass is 10.1. The molecular formula is C22H32N6. The molecule has 0 aliphatic heterocycles. The van der Waals surface area contributed by atoms with E-state index in [-0.39, 0.29) is 0 Å². The molecule has 2 heterocycles. The fourth-order valence-electron chi connectivity index (χ4n) is 3.32. The zero-order valence-electron chi connectivity index (χ0n) is 17.2. The van der Waals surface area contributed by atoms with Crippen molar-refractivity contribution < 1.29 is 0 Å². The lowest BCUT2D eigenvalue weighted by Crippen LogP contribution is -1.98. The number of nitrogens with zero attached hydrogens (tertiary/aromatic N) is 6. The Bertz CT molecular complexity index is 769. The maximum absolute atomic E-state index is 4.36. The number of rotatable bonds is 12. The van der Waals surface area contributed by atoms with Gasteiger partial charge in [-0.15, -0.1) is 10.2 Å². The van der Waals surface area contributed by atoms with Gasteiger partial charge >= 0.3 is 0 Å². The first-order chi connectivity index (χ1) is 13.8. The van der Waals surface area contributed by atoms with Crippen LogP contribution in [0, 0.1) is 0 Å². The van der Waals surface area contributed by atoms with Crippen LogP contribution >= 0.6 is 0 Å². The smallest absolute Gasteiger partial charge is 0.113 e. The molecule has 0 radical (unpaired) electrons. The normalized spacial score (nSPS) is 11.2. The summed E-state index contributed by atoms with van der Waals surface area (Å²) >= 11 is 0. The van der Waals surface area contributed by atoms with Crippen LogP contribution in [0.3, 0.4) is 0 Å². The summed E-state index contributed by atoms with van der Waals surface area (Å²) in [7, 11) is 0. The van der Waals surface area contributed by atoms with Crippen molar-refractivity contribution in [2.45, 2.75) is 78.3 Å². The molecule has 2 aromatic heterocycles. The Morgan fingerprint density at radius 3 is 1.64 bits per heavy atom. The topological polar surface area (TPSA) is 61.4 Å². The van der Waals surface area contributed by atoms with Crippen LogP contribution in [0.2, 0.25) is 0 Å². The molecule has 1 aromatic carbocycles. The maximum Gasteiger partial charge on any atom is 0.113 e. The average molecular weight is 381 g/mol. The van der Waals surface area contributed by atoms with E-state index in [2.05, 4.69) is 52.7 Å². The molecule has 6 nitrogen and oxygen atoms in total. The molecule has 3 aromatic rings. The van der Waals surface area contributed by atoms with Gasteiger partial charge in [0.05, 0.1) is 12.4 Å². The van der Waals surface area contributed by atoms with Crippen LogP contribution in [0.25, 0.3) is 22.5 Å². The predicted octanol–water partition coefficient (Wildman–Crippen LogP) is 5.36. The second kappa shape index (κ2) is 10.7. The van der Waals surface area contributed by atoms with Crippen LogP contribution in [-0.4, -0.2) is 30.0 Å². The molecule has 0 N–H and O–H groups in total. The summed E-state index contributed by atoms with van der Waals surface area (Å²) in [4.78, 5) is 0. The van der Waals surface area contributed by atoms with Crippen molar-refractivity contribution in [3.05, 3.63) is 36.7 Å². The fourth-order valence-corrected chi connectivity index (χ4v) is 3.32. The van der Waals surface area contributed by atoms with Gasteiger partial charge in [0.25, 0.3) is 0 Å². The van der Waals surface area contributed by atoms with Crippen molar-refractivity contribution in [3.63, 3.8) is 0 Å². The van der Waals surface area contributed by atoms with Crippen LogP contribution in [-0.2, 0) is 13.1 Å². The highest BCUT2D eigenvalue weighted by Crippen LogP contribution is 2.23. The highest BCUT2D eigenvalue weighted by atomic mass is 15.4. The molecule has 150 valence electrons. The molecule has 0 aliphatic carbocycles. The zero-order chi connectivity index (χ0) is 19.6. The van der Waals surface area contributed by atoms with Gasteiger partial charge in [0.1, 0.15) is 11.4 Å². The van der Waals surface area contributed by atoms with Crippen molar-refractivity contribution in [1.82, 2.24) is 30.0 Å². The third-order valence-corrected chi connectivity index (χ3v) is 5.01. The lowest BCUT2D eigenvalue weighted by Gasteiger charge is -2.01. The van der Waals surface area contributed by atoms with E-state index >= 15 is 0 Å². The number of hydrogen-bond acceptors (Lipinski definition) is 4. The number of hydrogen-bond donors (Lipinski definition) is 0. The molecule has 0 spiro atoms. The Hall–Kier alpha value is -2.50. The molecule has 0 saturated heterocycles. The molecule has 3 rings (SSSR count). The van der Waals surface area contributed by atoms with Crippen molar-refractivity contribution in [3.8, 4) is 22.5 Å². The van der Waals surface area contributed by atoms with Gasteiger partial charge in [-0.1, -0.05) is 81.0 Å². The van der Waals surface area contributed by atoms with E-state index in [0.29, 0.717) is 0 Å². The van der Waals surface area contributed by atoms with E-state index < -0.39 is 0 Å². The van der Waals surface area contributed by atoms with Gasteiger partial charge in [-0.25, -0.2) is 0 Å². The monoisotopic (exact) mass is 380 g/mol. The maximum atomic E-state index is 4.36. The van der Waals surface area contributed by atoms with E-state index in [1.54, 1.807) is 0 Å². The molecule has 0 saturated carbocycles. The summed E-state index contributed by atoms with van der Waals surface area (Å²) in [5, 5.41) is 17.3. The van der Waals surface area contributed by atoms with Crippen LogP contribution in [0.1, 0.15) is 65.2 Å². The predicted molar refractivity (Wildman–Crippen MR) is 113 cm³/mol. The van der Waals surface area contributed by atoms with Gasteiger partial charge in [0.15, 0.2) is 0 Å². The molecule has 0 bridgehead atoms. The highest BCUT2D eigenvalue weighted by molar-refractivity contribution is 5.68. The minimum absolute atomic E-state index is 0.907. The van der Waals surface area contributed by atoms with E-state index in [0.717, 1.165) is 48.4 Å². The van der Waals surface area contributed by atoms with Crippen LogP contribution < -0.4 is 0 Å². The Labute approximate surface area is 168 Å². The number of aromatic nitrogens is 6. The van der Waals surface area contributed by atoms with Gasteiger partial charge in [-0.05, 0) is 18.9 Å². The van der Waals surface area contributed by atoms with E-state index in [1.165, 1.54) is 38.5 Å². The van der Waals surface area contributed by atoms with Gasteiger partial charge in [-0.2, -0.15) is 0 Å². The fraction of sp³-hybridized carbons (Fsp3) is 0.545. The molecule has 6 heteroatoms. The summed E-state index contributed by atoms with van der Waals surface area (Å²) in [6.07, 6.45) is 13.9. The minimum Gasteiger partial charge on any atom is -0.252 e. The van der Waals surface area contributed by atoms with Crippen molar-refractivity contribution in [1.29, 1.82) is 0 Å². The first kappa shape index (κ1) is 20.2. The van der Waals surface area contributed by atoms with Crippen molar-refractivity contribution in [2.75, 3.05) is 0 Å². The van der Waals surface area contributed by atoms with E-state index in [9.17, 15) is 0 Å². The first-order valence-corrected chi connectivity index (χ1v) is 10.7.